The summed E-state index contributed by atoms with van der Waals surface area (Å²) in [5.41, 5.74) is 23.0. The predicted molar refractivity (Wildman–Crippen MR) is 292 cm³/mol. The molecule has 0 radical (unpaired) electrons. The third-order valence-electron chi connectivity index (χ3n) is 15.4. The molecule has 2 atom stereocenters. The average Bonchev–Trinajstić information content (AvgIpc) is 4.31. The van der Waals surface area contributed by atoms with Crippen molar-refractivity contribution in [3.05, 3.63) is 201 Å². The fraction of sp³-hybridized carbons (Fsp3) is 0.111. The summed E-state index contributed by atoms with van der Waals surface area (Å²) in [5, 5.41) is 13.2. The zero-order chi connectivity index (χ0) is 50.6. The molecule has 1 amide bonds. The van der Waals surface area contributed by atoms with Crippen LogP contribution in [0.3, 0.4) is 0 Å². The van der Waals surface area contributed by atoms with Crippen LogP contribution in [0.15, 0.2) is 151 Å². The van der Waals surface area contributed by atoms with Gasteiger partial charge in [-0.25, -0.2) is 9.97 Å². The van der Waals surface area contributed by atoms with E-state index in [1.54, 1.807) is 0 Å². The van der Waals surface area contributed by atoms with E-state index in [-0.39, 0.29) is 40.4 Å². The first-order valence-electron chi connectivity index (χ1n) is 24.7. The van der Waals surface area contributed by atoms with E-state index in [1.807, 2.05) is 60.7 Å². The number of amides is 1. The Morgan fingerprint density at radius 2 is 1.03 bits per heavy atom. The Morgan fingerprint density at radius 1 is 0.581 bits per heavy atom. The van der Waals surface area contributed by atoms with Crippen LogP contribution in [0.25, 0.3) is 90.9 Å². The Kier molecular flexibility index (Phi) is 10.1. The number of aromatic amines is 2. The number of rotatable bonds is 7. The number of carboxylic acids is 1. The van der Waals surface area contributed by atoms with Crippen LogP contribution >= 0.6 is 0 Å². The van der Waals surface area contributed by atoms with Crippen LogP contribution in [-0.4, -0.2) is 48.5 Å². The van der Waals surface area contributed by atoms with Crippen LogP contribution in [0.4, 0.5) is 11.4 Å². The van der Waals surface area contributed by atoms with Crippen molar-refractivity contribution in [2.24, 2.45) is 11.3 Å². The number of Topliss-reactive ketones (excluding diaryl/α,β-unsaturated/α-hetero) is 2. The van der Waals surface area contributed by atoms with Crippen molar-refractivity contribution >= 4 is 81.2 Å². The predicted octanol–water partition coefficient (Wildman–Crippen LogP) is 13.3. The van der Waals surface area contributed by atoms with Gasteiger partial charge in [-0.05, 0) is 152 Å². The molecule has 3 aromatic heterocycles. The van der Waals surface area contributed by atoms with Gasteiger partial charge in [0.15, 0.2) is 11.6 Å². The first-order chi connectivity index (χ1) is 35.9. The quantitative estimate of drug-likeness (QED) is 0.0977. The number of nitrogen functional groups attached to an aromatic ring is 1. The van der Waals surface area contributed by atoms with Crippen LogP contribution in [0.2, 0.25) is 0 Å². The number of nitrogens with one attached hydrogen (secondary N) is 3. The fourth-order valence-electron chi connectivity index (χ4n) is 11.7. The molecule has 2 unspecified atom stereocenters. The van der Waals surface area contributed by atoms with E-state index in [0.717, 1.165) is 100 Å². The van der Waals surface area contributed by atoms with Crippen LogP contribution < -0.4 is 11.1 Å². The second-order valence-electron chi connectivity index (χ2n) is 19.9. The van der Waals surface area contributed by atoms with Gasteiger partial charge in [-0.15, -0.1) is 0 Å². The van der Waals surface area contributed by atoms with E-state index in [0.29, 0.717) is 29.8 Å². The van der Waals surface area contributed by atoms with Crippen molar-refractivity contribution in [3.8, 4) is 44.5 Å². The lowest BCUT2D eigenvalue weighted by atomic mass is 9.71. The first kappa shape index (κ1) is 44.5. The number of carbonyl (C=O) groups is 4. The second-order valence-corrected chi connectivity index (χ2v) is 19.9. The third-order valence-corrected chi connectivity index (χ3v) is 15.4. The number of allylic oxidation sites excluding steroid dienone is 1. The van der Waals surface area contributed by atoms with Gasteiger partial charge < -0.3 is 26.1 Å². The number of benzene rings is 5. The molecule has 5 heterocycles. The van der Waals surface area contributed by atoms with Crippen LogP contribution in [0, 0.1) is 25.2 Å². The molecule has 6 N–H and O–H groups in total. The molecule has 13 rings (SSSR count). The first-order valence-corrected chi connectivity index (χ1v) is 24.7. The number of aryl methyl sites for hydroxylation is 2. The highest BCUT2D eigenvalue weighted by atomic mass is 16.4. The number of hydrogen-bond donors (Lipinski definition) is 5. The Labute approximate surface area is 424 Å². The van der Waals surface area contributed by atoms with E-state index in [9.17, 15) is 24.3 Å². The molecule has 8 aromatic rings. The lowest BCUT2D eigenvalue weighted by Crippen LogP contribution is -2.36. The zero-order valence-electron chi connectivity index (χ0n) is 40.3. The molecule has 0 saturated heterocycles. The Balaban J connectivity index is 0.956. The number of aliphatic carboxylic acids is 1. The number of nitrogens with two attached hydrogens (primary N) is 1. The van der Waals surface area contributed by atoms with Crippen molar-refractivity contribution < 1.29 is 24.3 Å². The molecular weight excluding hydrogens is 921 g/mol. The number of anilines is 2. The Morgan fingerprint density at radius 3 is 1.49 bits per heavy atom. The molecule has 11 nitrogen and oxygen atoms in total. The van der Waals surface area contributed by atoms with Gasteiger partial charge in [0.05, 0.1) is 28.2 Å². The molecule has 5 aromatic carbocycles. The molecule has 3 aliphatic carbocycles. The van der Waals surface area contributed by atoms with Gasteiger partial charge >= 0.3 is 5.97 Å². The largest absolute Gasteiger partial charge is 0.481 e. The summed E-state index contributed by atoms with van der Waals surface area (Å²) in [6, 6.07) is 45.1. The summed E-state index contributed by atoms with van der Waals surface area (Å²) in [4.78, 5) is 72.7. The molecular formula is C63H46N6O5. The van der Waals surface area contributed by atoms with E-state index in [4.69, 9.17) is 15.7 Å². The highest BCUT2D eigenvalue weighted by Gasteiger charge is 2.61. The van der Waals surface area contributed by atoms with Gasteiger partial charge in [-0.3, -0.25) is 19.2 Å². The van der Waals surface area contributed by atoms with Gasteiger partial charge in [0, 0.05) is 83.5 Å². The number of fused-ring (bicyclic) bond motifs is 13. The van der Waals surface area contributed by atoms with Gasteiger partial charge in [-0.2, -0.15) is 0 Å². The summed E-state index contributed by atoms with van der Waals surface area (Å²) in [7, 11) is 0. The molecule has 1 saturated carbocycles. The maximum Gasteiger partial charge on any atom is 0.314 e. The molecule has 2 aliphatic heterocycles. The number of carboxylic acid groups (broad SMARTS) is 1. The minimum absolute atomic E-state index is 0.0614. The lowest BCUT2D eigenvalue weighted by Gasteiger charge is -2.29. The van der Waals surface area contributed by atoms with Crippen molar-refractivity contribution in [1.29, 1.82) is 0 Å². The monoisotopic (exact) mass is 966 g/mol. The van der Waals surface area contributed by atoms with Gasteiger partial charge in [0.1, 0.15) is 0 Å². The summed E-state index contributed by atoms with van der Waals surface area (Å²) in [5.74, 6) is -2.62. The van der Waals surface area contributed by atoms with Crippen LogP contribution in [-0.2, 0) is 4.79 Å². The molecule has 11 heteroatoms. The van der Waals surface area contributed by atoms with Gasteiger partial charge in [0.2, 0.25) is 0 Å². The molecule has 5 aliphatic rings. The van der Waals surface area contributed by atoms with Crippen molar-refractivity contribution in [3.63, 3.8) is 0 Å². The minimum Gasteiger partial charge on any atom is -0.481 e. The molecule has 10 bridgehead atoms. The topological polar surface area (TPSA) is 184 Å². The highest BCUT2D eigenvalue weighted by molar-refractivity contribution is 6.30. The molecule has 74 heavy (non-hydrogen) atoms. The molecule has 358 valence electrons. The number of carbonyl (C=O) groups excluding carboxylic acids is 3. The van der Waals surface area contributed by atoms with Gasteiger partial charge in [0.25, 0.3) is 5.91 Å². The number of hydrogen-bond acceptors (Lipinski definition) is 7. The van der Waals surface area contributed by atoms with E-state index in [1.165, 1.54) is 18.2 Å². The fourth-order valence-corrected chi connectivity index (χ4v) is 11.7. The number of ketones is 2. The lowest BCUT2D eigenvalue weighted by molar-refractivity contribution is -0.146. The Hall–Kier alpha value is -9.48. The maximum absolute atomic E-state index is 14.0. The van der Waals surface area contributed by atoms with E-state index < -0.39 is 23.1 Å². The summed E-state index contributed by atoms with van der Waals surface area (Å²) >= 11 is 0. The van der Waals surface area contributed by atoms with E-state index >= 15 is 0 Å². The van der Waals surface area contributed by atoms with Crippen molar-refractivity contribution in [1.82, 2.24) is 19.9 Å². The highest BCUT2D eigenvalue weighted by Crippen LogP contribution is 2.60. The maximum atomic E-state index is 14.0. The number of aromatic nitrogens is 4. The molecule has 1 fully saturated rings. The van der Waals surface area contributed by atoms with Crippen molar-refractivity contribution in [2.45, 2.75) is 33.1 Å². The SMILES string of the molecule is Cc1ccc(-c2c3nc(c(-c4ccc(NC(=O)c5ccc6c(c5)C(=O)C5=C(C6=O)C6CCC5(C(=O)O)C6)cc4)c4ccc([nH]4)c(-c4ccc(C)cc4)c4nc(c(-c5ccc(N)cc5)c5ccc2[nH]5)C=C4)C=C3)cc1. The van der Waals surface area contributed by atoms with Crippen molar-refractivity contribution in [2.75, 3.05) is 11.1 Å². The van der Waals surface area contributed by atoms with E-state index in [2.05, 4.69) is 114 Å². The zero-order valence-corrected chi connectivity index (χ0v) is 40.3. The van der Waals surface area contributed by atoms with Crippen LogP contribution in [0.1, 0.15) is 84.2 Å². The second kappa shape index (κ2) is 16.8. The summed E-state index contributed by atoms with van der Waals surface area (Å²) < 4.78 is 0. The summed E-state index contributed by atoms with van der Waals surface area (Å²) in [6.45, 7) is 4.14. The third kappa shape index (κ3) is 7.10. The number of nitrogens with zero attached hydrogens (tertiary/aromatic N) is 2. The minimum atomic E-state index is -1.36. The van der Waals surface area contributed by atoms with Crippen LogP contribution in [0.5, 0.6) is 0 Å². The Bertz CT molecular complexity index is 4020. The summed E-state index contributed by atoms with van der Waals surface area (Å²) in [6.07, 6.45) is 9.35. The van der Waals surface area contributed by atoms with Gasteiger partial charge in [-0.1, -0.05) is 83.9 Å². The smallest absolute Gasteiger partial charge is 0.314 e. The average molecular weight is 967 g/mol. The standard InChI is InChI=1S/C63H46N6O5/c1-33-3-7-35(8-4-33)53-45-21-25-49(66-45)55(37-11-16-41(64)17-12-37)50-26-22-46(67-50)54(36-9-5-34(2)6-10-36)48-24-28-52(69-48)56(51-27-23-47(53)68-51)38-13-18-42(19-14-38)65-61(72)39-15-20-43-44(31-39)60(71)58-57(59(43)70)40-29-30-63(58,32-40)62(73)74/h3-28,31,40,66,69H,29-30,32,64H2,1-2H3,(H,65,72)(H,73,74). The molecule has 0 spiro atoms. The normalized spacial score (nSPS) is 17.2. The number of H-pyrrole nitrogens is 2.